The maximum atomic E-state index is 8.95. The summed E-state index contributed by atoms with van der Waals surface area (Å²) in [5.41, 5.74) is 0. The average Bonchev–Trinajstić information content (AvgIpc) is 2.18. The normalized spacial score (nSPS) is 31.6. The predicted octanol–water partition coefficient (Wildman–Crippen LogP) is 1.63. The Labute approximate surface area is 85.5 Å². The fraction of sp³-hybridized carbons (Fsp3) is 1.00. The minimum atomic E-state index is 0.311. The van der Waals surface area contributed by atoms with Crippen molar-refractivity contribution in [3.05, 3.63) is 0 Å². The number of nitrogens with one attached hydrogen (secondary N) is 1. The second-order valence-corrected chi connectivity index (χ2v) is 5.65. The molecule has 0 bridgehead atoms. The van der Waals surface area contributed by atoms with Crippen LogP contribution in [0, 0.1) is 0 Å². The number of thioether (sulfide) groups is 1. The van der Waals surface area contributed by atoms with Crippen LogP contribution in [0.4, 0.5) is 0 Å². The van der Waals surface area contributed by atoms with Gasteiger partial charge in [0.15, 0.2) is 0 Å². The molecule has 0 aliphatic heterocycles. The quantitative estimate of drug-likeness (QED) is 0.728. The van der Waals surface area contributed by atoms with Gasteiger partial charge in [0.2, 0.25) is 0 Å². The largest absolute Gasteiger partial charge is 0.395 e. The van der Waals surface area contributed by atoms with Crippen molar-refractivity contribution in [3.63, 3.8) is 0 Å². The molecule has 0 aromatic rings. The predicted molar refractivity (Wildman–Crippen MR) is 59.2 cm³/mol. The Morgan fingerprint density at radius 2 is 2.31 bits per heavy atom. The molecule has 2 N–H and O–H groups in total. The first-order valence-electron chi connectivity index (χ1n) is 5.19. The van der Waals surface area contributed by atoms with Gasteiger partial charge >= 0.3 is 0 Å². The highest BCUT2D eigenvalue weighted by Gasteiger charge is 2.22. The molecule has 0 heterocycles. The van der Waals surface area contributed by atoms with Gasteiger partial charge in [-0.2, -0.15) is 11.8 Å². The van der Waals surface area contributed by atoms with E-state index in [4.69, 9.17) is 5.11 Å². The summed E-state index contributed by atoms with van der Waals surface area (Å²) in [5.74, 6) is 0. The van der Waals surface area contributed by atoms with Gasteiger partial charge in [-0.1, -0.05) is 13.3 Å². The van der Waals surface area contributed by atoms with Crippen LogP contribution in [0.25, 0.3) is 0 Å². The number of hydrogen-bond donors (Lipinski definition) is 2. The maximum absolute atomic E-state index is 8.95. The van der Waals surface area contributed by atoms with Gasteiger partial charge in [0, 0.05) is 16.5 Å². The van der Waals surface area contributed by atoms with E-state index >= 15 is 0 Å². The van der Waals surface area contributed by atoms with Gasteiger partial charge in [0.1, 0.15) is 0 Å². The Balaban J connectivity index is 2.25. The third-order valence-electron chi connectivity index (χ3n) is 2.72. The van der Waals surface area contributed by atoms with Crippen LogP contribution in [-0.2, 0) is 0 Å². The maximum Gasteiger partial charge on any atom is 0.0547 e. The number of aliphatic hydroxyl groups is 1. The van der Waals surface area contributed by atoms with Gasteiger partial charge in [0.25, 0.3) is 0 Å². The van der Waals surface area contributed by atoms with Crippen molar-refractivity contribution >= 4 is 11.8 Å². The van der Waals surface area contributed by atoms with E-state index in [1.807, 2.05) is 18.8 Å². The second kappa shape index (κ2) is 5.89. The highest BCUT2D eigenvalue weighted by atomic mass is 32.2. The van der Waals surface area contributed by atoms with Gasteiger partial charge in [-0.3, -0.25) is 0 Å². The van der Waals surface area contributed by atoms with Crippen molar-refractivity contribution in [2.45, 2.75) is 49.1 Å². The second-order valence-electron chi connectivity index (χ2n) is 3.90. The summed E-state index contributed by atoms with van der Waals surface area (Å²) in [6.07, 6.45) is 5.25. The molecule has 0 aromatic heterocycles. The van der Waals surface area contributed by atoms with Crippen LogP contribution in [0.1, 0.15) is 32.6 Å². The molecule has 3 atom stereocenters. The van der Waals surface area contributed by atoms with E-state index in [0.29, 0.717) is 17.9 Å². The molecule has 2 nitrogen and oxygen atoms in total. The topological polar surface area (TPSA) is 32.3 Å². The Hall–Kier alpha value is 0.270. The molecule has 3 heteroatoms. The molecule has 0 radical (unpaired) electrons. The van der Waals surface area contributed by atoms with Crippen LogP contribution < -0.4 is 5.32 Å². The van der Waals surface area contributed by atoms with E-state index in [2.05, 4.69) is 12.2 Å². The van der Waals surface area contributed by atoms with Gasteiger partial charge in [0.05, 0.1) is 6.61 Å². The molecular weight excluding hydrogens is 182 g/mol. The smallest absolute Gasteiger partial charge is 0.0547 e. The van der Waals surface area contributed by atoms with Gasteiger partial charge in [-0.25, -0.2) is 0 Å². The Morgan fingerprint density at radius 3 is 2.92 bits per heavy atom. The minimum Gasteiger partial charge on any atom is -0.395 e. The lowest BCUT2D eigenvalue weighted by atomic mass is 9.95. The van der Waals surface area contributed by atoms with E-state index in [1.54, 1.807) is 0 Å². The molecule has 0 saturated heterocycles. The van der Waals surface area contributed by atoms with Crippen LogP contribution in [0.15, 0.2) is 0 Å². The van der Waals surface area contributed by atoms with Gasteiger partial charge < -0.3 is 10.4 Å². The zero-order chi connectivity index (χ0) is 9.68. The van der Waals surface area contributed by atoms with E-state index in [9.17, 15) is 0 Å². The van der Waals surface area contributed by atoms with Crippen molar-refractivity contribution in [1.29, 1.82) is 0 Å². The first-order valence-corrected chi connectivity index (χ1v) is 6.14. The van der Waals surface area contributed by atoms with Crippen molar-refractivity contribution in [2.24, 2.45) is 0 Å². The molecule has 1 rings (SSSR count). The Bertz CT molecular complexity index is 141. The van der Waals surface area contributed by atoms with Crippen LogP contribution in [-0.4, -0.2) is 35.3 Å². The zero-order valence-electron chi connectivity index (χ0n) is 8.62. The summed E-state index contributed by atoms with van der Waals surface area (Å²) in [4.78, 5) is 0. The van der Waals surface area contributed by atoms with Crippen LogP contribution >= 0.6 is 11.8 Å². The summed E-state index contributed by atoms with van der Waals surface area (Å²) in [6, 6.07) is 0.706. The molecule has 13 heavy (non-hydrogen) atoms. The van der Waals surface area contributed by atoms with E-state index < -0.39 is 0 Å². The molecule has 1 saturated carbocycles. The zero-order valence-corrected chi connectivity index (χ0v) is 9.44. The summed E-state index contributed by atoms with van der Waals surface area (Å²) in [5, 5.41) is 13.5. The summed E-state index contributed by atoms with van der Waals surface area (Å²) in [6.45, 7) is 2.42. The molecule has 0 aromatic carbocycles. The lowest BCUT2D eigenvalue weighted by molar-refractivity contribution is 0.299. The van der Waals surface area contributed by atoms with Crippen LogP contribution in [0.2, 0.25) is 0 Å². The molecule has 3 unspecified atom stereocenters. The molecule has 0 amide bonds. The SMILES string of the molecule is CNC1CCCC(SC(C)CO)C1. The molecule has 78 valence electrons. The number of rotatable bonds is 4. The molecule has 1 fully saturated rings. The molecule has 0 spiro atoms. The fourth-order valence-corrected chi connectivity index (χ4v) is 3.29. The van der Waals surface area contributed by atoms with Gasteiger partial charge in [-0.05, 0) is 26.3 Å². The highest BCUT2D eigenvalue weighted by molar-refractivity contribution is 8.00. The first kappa shape index (κ1) is 11.3. The van der Waals surface area contributed by atoms with E-state index in [1.165, 1.54) is 25.7 Å². The highest BCUT2D eigenvalue weighted by Crippen LogP contribution is 2.30. The standard InChI is InChI=1S/C10H21NOS/c1-8(7-12)13-10-5-3-4-9(6-10)11-2/h8-12H,3-7H2,1-2H3. The number of hydrogen-bond acceptors (Lipinski definition) is 3. The Kier molecular flexibility index (Phi) is 5.14. The third-order valence-corrected chi connectivity index (χ3v) is 4.14. The minimum absolute atomic E-state index is 0.311. The van der Waals surface area contributed by atoms with Crippen molar-refractivity contribution in [3.8, 4) is 0 Å². The fourth-order valence-electron chi connectivity index (χ4n) is 1.90. The van der Waals surface area contributed by atoms with E-state index in [0.717, 1.165) is 5.25 Å². The van der Waals surface area contributed by atoms with Crippen molar-refractivity contribution < 1.29 is 5.11 Å². The van der Waals surface area contributed by atoms with Crippen LogP contribution in [0.5, 0.6) is 0 Å². The summed E-state index contributed by atoms with van der Waals surface area (Å²) >= 11 is 1.95. The van der Waals surface area contributed by atoms with Gasteiger partial charge in [-0.15, -0.1) is 0 Å². The first-order chi connectivity index (χ1) is 6.26. The molecular formula is C10H21NOS. The van der Waals surface area contributed by atoms with E-state index in [-0.39, 0.29) is 0 Å². The molecule has 1 aliphatic carbocycles. The Morgan fingerprint density at radius 1 is 1.54 bits per heavy atom. The molecule has 1 aliphatic rings. The van der Waals surface area contributed by atoms with Crippen molar-refractivity contribution in [2.75, 3.05) is 13.7 Å². The monoisotopic (exact) mass is 203 g/mol. The lowest BCUT2D eigenvalue weighted by Crippen LogP contribution is -2.33. The lowest BCUT2D eigenvalue weighted by Gasteiger charge is -2.29. The van der Waals surface area contributed by atoms with Crippen LogP contribution in [0.3, 0.4) is 0 Å². The van der Waals surface area contributed by atoms with Crippen molar-refractivity contribution in [1.82, 2.24) is 5.32 Å². The average molecular weight is 203 g/mol. The summed E-state index contributed by atoms with van der Waals surface area (Å²) < 4.78 is 0. The third kappa shape index (κ3) is 3.88. The summed E-state index contributed by atoms with van der Waals surface area (Å²) in [7, 11) is 2.05. The number of aliphatic hydroxyl groups excluding tert-OH is 1.